The molecule has 0 atom stereocenters. The van der Waals surface area contributed by atoms with E-state index in [0.29, 0.717) is 12.2 Å². The highest BCUT2D eigenvalue weighted by Gasteiger charge is 2.01. The summed E-state index contributed by atoms with van der Waals surface area (Å²) in [7, 11) is 0. The third-order valence-corrected chi connectivity index (χ3v) is 2.08. The van der Waals surface area contributed by atoms with Crippen molar-refractivity contribution in [3.05, 3.63) is 42.2 Å². The third kappa shape index (κ3) is 1.47. The zero-order chi connectivity index (χ0) is 9.97. The Morgan fingerprint density at radius 2 is 2.21 bits per heavy atom. The number of nitrogen functional groups attached to an aromatic ring is 1. The van der Waals surface area contributed by atoms with E-state index in [1.807, 2.05) is 30.5 Å². The Bertz CT molecular complexity index is 420. The summed E-state index contributed by atoms with van der Waals surface area (Å²) in [6, 6.07) is 7.60. The Morgan fingerprint density at radius 3 is 2.79 bits per heavy atom. The summed E-state index contributed by atoms with van der Waals surface area (Å²) in [6.45, 7) is 0.504. The van der Waals surface area contributed by atoms with E-state index in [-0.39, 0.29) is 0 Å². The SMILES string of the molecule is NCc1ccc(-n2cccn2)c(N)c1. The lowest BCUT2D eigenvalue weighted by Crippen LogP contribution is -2.03. The Labute approximate surface area is 82.1 Å². The maximum atomic E-state index is 5.87. The minimum atomic E-state index is 0.504. The average molecular weight is 188 g/mol. The van der Waals surface area contributed by atoms with E-state index in [9.17, 15) is 0 Å². The molecule has 4 heteroatoms. The lowest BCUT2D eigenvalue weighted by Gasteiger charge is -2.06. The van der Waals surface area contributed by atoms with Gasteiger partial charge in [0.15, 0.2) is 0 Å². The van der Waals surface area contributed by atoms with Crippen molar-refractivity contribution >= 4 is 5.69 Å². The largest absolute Gasteiger partial charge is 0.397 e. The van der Waals surface area contributed by atoms with Crippen LogP contribution in [0.1, 0.15) is 5.56 Å². The lowest BCUT2D eigenvalue weighted by atomic mass is 10.2. The van der Waals surface area contributed by atoms with Crippen LogP contribution in [0.25, 0.3) is 5.69 Å². The van der Waals surface area contributed by atoms with Crippen molar-refractivity contribution in [1.29, 1.82) is 0 Å². The third-order valence-electron chi connectivity index (χ3n) is 2.08. The summed E-state index contributed by atoms with van der Waals surface area (Å²) < 4.78 is 1.73. The average Bonchev–Trinajstić information content (AvgIpc) is 2.70. The Balaban J connectivity index is 2.46. The van der Waals surface area contributed by atoms with Crippen molar-refractivity contribution in [2.45, 2.75) is 6.54 Å². The minimum Gasteiger partial charge on any atom is -0.397 e. The van der Waals surface area contributed by atoms with E-state index < -0.39 is 0 Å². The normalized spacial score (nSPS) is 10.4. The van der Waals surface area contributed by atoms with E-state index in [1.54, 1.807) is 10.9 Å². The highest BCUT2D eigenvalue weighted by molar-refractivity contribution is 5.58. The molecule has 0 saturated heterocycles. The Kier molecular flexibility index (Phi) is 2.20. The molecule has 4 nitrogen and oxygen atoms in total. The molecule has 2 aromatic rings. The Morgan fingerprint density at radius 1 is 1.36 bits per heavy atom. The van der Waals surface area contributed by atoms with Crippen LogP contribution in [0.2, 0.25) is 0 Å². The number of hydrogen-bond donors (Lipinski definition) is 2. The van der Waals surface area contributed by atoms with E-state index >= 15 is 0 Å². The highest BCUT2D eigenvalue weighted by Crippen LogP contribution is 2.17. The minimum absolute atomic E-state index is 0.504. The van der Waals surface area contributed by atoms with E-state index in [4.69, 9.17) is 11.5 Å². The van der Waals surface area contributed by atoms with Crippen molar-refractivity contribution in [1.82, 2.24) is 9.78 Å². The van der Waals surface area contributed by atoms with Crippen LogP contribution in [0.5, 0.6) is 0 Å². The van der Waals surface area contributed by atoms with Gasteiger partial charge in [0, 0.05) is 18.9 Å². The number of anilines is 1. The Hall–Kier alpha value is -1.81. The van der Waals surface area contributed by atoms with Gasteiger partial charge in [0.2, 0.25) is 0 Å². The van der Waals surface area contributed by atoms with Crippen LogP contribution in [-0.2, 0) is 6.54 Å². The van der Waals surface area contributed by atoms with Crippen molar-refractivity contribution in [2.24, 2.45) is 5.73 Å². The molecule has 0 aliphatic rings. The van der Waals surface area contributed by atoms with E-state index in [2.05, 4.69) is 5.10 Å². The van der Waals surface area contributed by atoms with Crippen LogP contribution in [-0.4, -0.2) is 9.78 Å². The predicted molar refractivity (Wildman–Crippen MR) is 55.9 cm³/mol. The molecule has 0 amide bonds. The van der Waals surface area contributed by atoms with Gasteiger partial charge in [-0.2, -0.15) is 5.10 Å². The molecule has 1 aromatic heterocycles. The van der Waals surface area contributed by atoms with Crippen molar-refractivity contribution in [3.8, 4) is 5.69 Å². The topological polar surface area (TPSA) is 69.9 Å². The fraction of sp³-hybridized carbons (Fsp3) is 0.100. The molecule has 1 heterocycles. The number of hydrogen-bond acceptors (Lipinski definition) is 3. The van der Waals surface area contributed by atoms with Gasteiger partial charge in [-0.05, 0) is 23.8 Å². The van der Waals surface area contributed by atoms with E-state index in [0.717, 1.165) is 11.3 Å². The summed E-state index contributed by atoms with van der Waals surface area (Å²) in [6.07, 6.45) is 3.57. The van der Waals surface area contributed by atoms with Crippen LogP contribution in [0.4, 0.5) is 5.69 Å². The first-order chi connectivity index (χ1) is 6.81. The van der Waals surface area contributed by atoms with Gasteiger partial charge in [0.25, 0.3) is 0 Å². The molecular weight excluding hydrogens is 176 g/mol. The van der Waals surface area contributed by atoms with Gasteiger partial charge in [-0.15, -0.1) is 0 Å². The standard InChI is InChI=1S/C10H12N4/c11-7-8-2-3-10(9(12)6-8)14-5-1-4-13-14/h1-6H,7,11-12H2. The van der Waals surface area contributed by atoms with Gasteiger partial charge in [-0.25, -0.2) is 4.68 Å². The molecular formula is C10H12N4. The summed E-state index contributed by atoms with van der Waals surface area (Å²) in [5.74, 6) is 0. The first-order valence-electron chi connectivity index (χ1n) is 4.40. The summed E-state index contributed by atoms with van der Waals surface area (Å²) >= 11 is 0. The lowest BCUT2D eigenvalue weighted by molar-refractivity contribution is 0.881. The molecule has 0 radical (unpaired) electrons. The van der Waals surface area contributed by atoms with Crippen LogP contribution in [0.3, 0.4) is 0 Å². The van der Waals surface area contributed by atoms with Gasteiger partial charge in [-0.3, -0.25) is 0 Å². The number of rotatable bonds is 2. The second kappa shape index (κ2) is 3.51. The quantitative estimate of drug-likeness (QED) is 0.688. The van der Waals surface area contributed by atoms with Crippen LogP contribution < -0.4 is 11.5 Å². The first kappa shape index (κ1) is 8.77. The molecule has 0 bridgehead atoms. The molecule has 0 fully saturated rings. The molecule has 0 aliphatic heterocycles. The van der Waals surface area contributed by atoms with Gasteiger partial charge in [0.1, 0.15) is 0 Å². The number of aromatic nitrogens is 2. The predicted octanol–water partition coefficient (Wildman–Crippen LogP) is 0.913. The second-order valence-corrected chi connectivity index (χ2v) is 3.05. The van der Waals surface area contributed by atoms with Gasteiger partial charge in [-0.1, -0.05) is 6.07 Å². The smallest absolute Gasteiger partial charge is 0.0874 e. The summed E-state index contributed by atoms with van der Waals surface area (Å²) in [5.41, 5.74) is 14.0. The molecule has 2 rings (SSSR count). The monoisotopic (exact) mass is 188 g/mol. The zero-order valence-corrected chi connectivity index (χ0v) is 7.72. The molecule has 0 aliphatic carbocycles. The maximum absolute atomic E-state index is 5.87. The van der Waals surface area contributed by atoms with Gasteiger partial charge >= 0.3 is 0 Å². The zero-order valence-electron chi connectivity index (χ0n) is 7.72. The molecule has 72 valence electrons. The molecule has 14 heavy (non-hydrogen) atoms. The van der Waals surface area contributed by atoms with Crippen molar-refractivity contribution in [2.75, 3.05) is 5.73 Å². The molecule has 0 spiro atoms. The van der Waals surface area contributed by atoms with E-state index in [1.165, 1.54) is 0 Å². The fourth-order valence-electron chi connectivity index (χ4n) is 1.35. The number of benzene rings is 1. The fourth-order valence-corrected chi connectivity index (χ4v) is 1.35. The molecule has 4 N–H and O–H groups in total. The number of nitrogens with zero attached hydrogens (tertiary/aromatic N) is 2. The first-order valence-corrected chi connectivity index (χ1v) is 4.40. The van der Waals surface area contributed by atoms with Crippen LogP contribution >= 0.6 is 0 Å². The van der Waals surface area contributed by atoms with Crippen LogP contribution in [0.15, 0.2) is 36.7 Å². The number of nitrogens with two attached hydrogens (primary N) is 2. The summed E-state index contributed by atoms with van der Waals surface area (Å²) in [4.78, 5) is 0. The second-order valence-electron chi connectivity index (χ2n) is 3.05. The van der Waals surface area contributed by atoms with Gasteiger partial charge < -0.3 is 11.5 Å². The van der Waals surface area contributed by atoms with Crippen LogP contribution in [0, 0.1) is 0 Å². The maximum Gasteiger partial charge on any atom is 0.0874 e. The van der Waals surface area contributed by atoms with Gasteiger partial charge in [0.05, 0.1) is 11.4 Å². The molecule has 0 unspecified atom stereocenters. The molecule has 1 aromatic carbocycles. The highest BCUT2D eigenvalue weighted by atomic mass is 15.3. The van der Waals surface area contributed by atoms with Crippen molar-refractivity contribution in [3.63, 3.8) is 0 Å². The summed E-state index contributed by atoms with van der Waals surface area (Å²) in [5, 5.41) is 4.11. The molecule has 0 saturated carbocycles. The van der Waals surface area contributed by atoms with Crippen molar-refractivity contribution < 1.29 is 0 Å².